The van der Waals surface area contributed by atoms with Crippen LogP contribution in [0.2, 0.25) is 10.0 Å². The van der Waals surface area contributed by atoms with Crippen LogP contribution in [-0.2, 0) is 12.8 Å². The van der Waals surface area contributed by atoms with Gasteiger partial charge >= 0.3 is 0 Å². The van der Waals surface area contributed by atoms with E-state index in [1.807, 2.05) is 19.2 Å². The SMILES string of the molecule is CNC1c2ccccc2CC1Cc1cccc(Cl)c1Cl. The zero-order chi connectivity index (χ0) is 14.1. The topological polar surface area (TPSA) is 12.0 Å². The van der Waals surface area contributed by atoms with E-state index in [0.29, 0.717) is 22.0 Å². The summed E-state index contributed by atoms with van der Waals surface area (Å²) in [5.41, 5.74) is 3.99. The Kier molecular flexibility index (Phi) is 4.02. The molecule has 1 N–H and O–H groups in total. The number of hydrogen-bond donors (Lipinski definition) is 1. The fourth-order valence-electron chi connectivity index (χ4n) is 3.25. The predicted octanol–water partition coefficient (Wildman–Crippen LogP) is 4.67. The molecule has 20 heavy (non-hydrogen) atoms. The molecule has 0 amide bonds. The fraction of sp³-hybridized carbons (Fsp3) is 0.294. The Morgan fingerprint density at radius 3 is 2.70 bits per heavy atom. The third-order valence-corrected chi connectivity index (χ3v) is 5.03. The van der Waals surface area contributed by atoms with E-state index >= 15 is 0 Å². The van der Waals surface area contributed by atoms with Gasteiger partial charge in [-0.25, -0.2) is 0 Å². The van der Waals surface area contributed by atoms with Gasteiger partial charge in [0.25, 0.3) is 0 Å². The molecular formula is C17H17Cl2N. The standard InChI is InChI=1S/C17H17Cl2N/c1-20-17-13(9-11-5-2-3-7-14(11)17)10-12-6-4-8-15(18)16(12)19/h2-8,13,17,20H,9-10H2,1H3. The number of nitrogens with one attached hydrogen (secondary N) is 1. The Labute approximate surface area is 129 Å². The van der Waals surface area contributed by atoms with E-state index in [9.17, 15) is 0 Å². The van der Waals surface area contributed by atoms with E-state index in [-0.39, 0.29) is 0 Å². The summed E-state index contributed by atoms with van der Waals surface area (Å²) in [7, 11) is 2.03. The van der Waals surface area contributed by atoms with Crippen LogP contribution >= 0.6 is 23.2 Å². The molecular weight excluding hydrogens is 289 g/mol. The van der Waals surface area contributed by atoms with Crippen molar-refractivity contribution in [1.29, 1.82) is 0 Å². The molecule has 3 heteroatoms. The molecule has 0 saturated carbocycles. The number of fused-ring (bicyclic) bond motifs is 1. The normalized spacial score (nSPS) is 20.9. The number of benzene rings is 2. The number of rotatable bonds is 3. The van der Waals surface area contributed by atoms with Gasteiger partial charge < -0.3 is 5.32 Å². The smallest absolute Gasteiger partial charge is 0.0624 e. The summed E-state index contributed by atoms with van der Waals surface area (Å²) < 4.78 is 0. The average molecular weight is 306 g/mol. The van der Waals surface area contributed by atoms with Crippen molar-refractivity contribution in [3.05, 3.63) is 69.2 Å². The van der Waals surface area contributed by atoms with Crippen molar-refractivity contribution in [1.82, 2.24) is 5.32 Å². The molecule has 3 rings (SSSR count). The highest BCUT2D eigenvalue weighted by Crippen LogP contribution is 2.39. The molecule has 0 aromatic heterocycles. The van der Waals surface area contributed by atoms with E-state index < -0.39 is 0 Å². The summed E-state index contributed by atoms with van der Waals surface area (Å²) >= 11 is 12.4. The molecule has 2 unspecified atom stereocenters. The maximum Gasteiger partial charge on any atom is 0.0624 e. The first-order chi connectivity index (χ1) is 9.70. The van der Waals surface area contributed by atoms with Crippen LogP contribution in [0.5, 0.6) is 0 Å². The molecule has 0 radical (unpaired) electrons. The van der Waals surface area contributed by atoms with Crippen molar-refractivity contribution < 1.29 is 0 Å². The Balaban J connectivity index is 1.87. The summed E-state index contributed by atoms with van der Waals surface area (Å²) in [6, 6.07) is 14.9. The molecule has 0 saturated heterocycles. The van der Waals surface area contributed by atoms with E-state index in [0.717, 1.165) is 18.4 Å². The summed E-state index contributed by atoms with van der Waals surface area (Å²) in [5, 5.41) is 4.78. The molecule has 104 valence electrons. The minimum Gasteiger partial charge on any atom is -0.313 e. The van der Waals surface area contributed by atoms with Crippen molar-refractivity contribution in [2.75, 3.05) is 7.05 Å². The molecule has 1 nitrogen and oxygen atoms in total. The van der Waals surface area contributed by atoms with Gasteiger partial charge in [-0.15, -0.1) is 0 Å². The van der Waals surface area contributed by atoms with E-state index in [1.165, 1.54) is 11.1 Å². The van der Waals surface area contributed by atoms with Crippen molar-refractivity contribution >= 4 is 23.2 Å². The molecule has 0 bridgehead atoms. The van der Waals surface area contributed by atoms with Crippen LogP contribution in [0.3, 0.4) is 0 Å². The summed E-state index contributed by atoms with van der Waals surface area (Å²) in [5.74, 6) is 0.522. The fourth-order valence-corrected chi connectivity index (χ4v) is 3.64. The Morgan fingerprint density at radius 2 is 1.90 bits per heavy atom. The molecule has 2 aromatic rings. The molecule has 0 spiro atoms. The van der Waals surface area contributed by atoms with Crippen LogP contribution in [0.4, 0.5) is 0 Å². The largest absolute Gasteiger partial charge is 0.313 e. The third kappa shape index (κ3) is 2.46. The quantitative estimate of drug-likeness (QED) is 0.869. The van der Waals surface area contributed by atoms with E-state index in [1.54, 1.807) is 0 Å². The van der Waals surface area contributed by atoms with Gasteiger partial charge in [0.2, 0.25) is 0 Å². The summed E-state index contributed by atoms with van der Waals surface area (Å²) in [4.78, 5) is 0. The van der Waals surface area contributed by atoms with Crippen LogP contribution in [-0.4, -0.2) is 7.05 Å². The van der Waals surface area contributed by atoms with Crippen LogP contribution in [0.15, 0.2) is 42.5 Å². The second-order valence-corrected chi connectivity index (χ2v) is 6.13. The molecule has 1 aliphatic carbocycles. The van der Waals surface area contributed by atoms with Gasteiger partial charge in [-0.2, -0.15) is 0 Å². The van der Waals surface area contributed by atoms with Gasteiger partial charge in [-0.1, -0.05) is 59.6 Å². The molecule has 2 aromatic carbocycles. The zero-order valence-corrected chi connectivity index (χ0v) is 12.9. The summed E-state index contributed by atoms with van der Waals surface area (Å²) in [6.07, 6.45) is 2.03. The molecule has 0 heterocycles. The van der Waals surface area contributed by atoms with Crippen LogP contribution in [0.25, 0.3) is 0 Å². The van der Waals surface area contributed by atoms with Crippen molar-refractivity contribution in [3.8, 4) is 0 Å². The number of halogens is 2. The first kappa shape index (κ1) is 13.9. The third-order valence-electron chi connectivity index (χ3n) is 4.17. The average Bonchev–Trinajstić information content (AvgIpc) is 2.81. The zero-order valence-electron chi connectivity index (χ0n) is 11.4. The lowest BCUT2D eigenvalue weighted by atomic mass is 9.93. The highest BCUT2D eigenvalue weighted by molar-refractivity contribution is 6.42. The van der Waals surface area contributed by atoms with Crippen LogP contribution < -0.4 is 5.32 Å². The maximum atomic E-state index is 6.32. The maximum absolute atomic E-state index is 6.32. The van der Waals surface area contributed by atoms with E-state index in [4.69, 9.17) is 23.2 Å². The Bertz CT molecular complexity index is 624. The highest BCUT2D eigenvalue weighted by Gasteiger charge is 2.31. The first-order valence-electron chi connectivity index (χ1n) is 6.88. The Hall–Kier alpha value is -1.02. The van der Waals surface area contributed by atoms with Crippen LogP contribution in [0, 0.1) is 5.92 Å². The molecule has 2 atom stereocenters. The minimum absolute atomic E-state index is 0.390. The van der Waals surface area contributed by atoms with Gasteiger partial charge in [-0.3, -0.25) is 0 Å². The van der Waals surface area contributed by atoms with Gasteiger partial charge in [0.1, 0.15) is 0 Å². The Morgan fingerprint density at radius 1 is 1.10 bits per heavy atom. The highest BCUT2D eigenvalue weighted by atomic mass is 35.5. The van der Waals surface area contributed by atoms with E-state index in [2.05, 4.69) is 35.6 Å². The molecule has 0 fully saturated rings. The van der Waals surface area contributed by atoms with Crippen LogP contribution in [0.1, 0.15) is 22.7 Å². The second-order valence-electron chi connectivity index (χ2n) is 5.35. The van der Waals surface area contributed by atoms with Gasteiger partial charge in [-0.05, 0) is 48.6 Å². The number of hydrogen-bond acceptors (Lipinski definition) is 1. The lowest BCUT2D eigenvalue weighted by Gasteiger charge is -2.20. The lowest BCUT2D eigenvalue weighted by Crippen LogP contribution is -2.23. The van der Waals surface area contributed by atoms with Crippen molar-refractivity contribution in [2.24, 2.45) is 5.92 Å². The summed E-state index contributed by atoms with van der Waals surface area (Å²) in [6.45, 7) is 0. The van der Waals surface area contributed by atoms with Gasteiger partial charge in [0.05, 0.1) is 10.0 Å². The lowest BCUT2D eigenvalue weighted by molar-refractivity contribution is 0.410. The van der Waals surface area contributed by atoms with Crippen molar-refractivity contribution in [3.63, 3.8) is 0 Å². The van der Waals surface area contributed by atoms with Gasteiger partial charge in [0, 0.05) is 6.04 Å². The van der Waals surface area contributed by atoms with Crippen molar-refractivity contribution in [2.45, 2.75) is 18.9 Å². The monoisotopic (exact) mass is 305 g/mol. The second kappa shape index (κ2) is 5.77. The molecule has 0 aliphatic heterocycles. The predicted molar refractivity (Wildman–Crippen MR) is 85.6 cm³/mol. The first-order valence-corrected chi connectivity index (χ1v) is 7.64. The van der Waals surface area contributed by atoms with Gasteiger partial charge in [0.15, 0.2) is 0 Å². The minimum atomic E-state index is 0.390. The molecule has 1 aliphatic rings.